The molecule has 7 atom stereocenters. The maximum absolute atomic E-state index is 12.7. The van der Waals surface area contributed by atoms with Crippen molar-refractivity contribution in [2.45, 2.75) is 43.3 Å². The minimum Gasteiger partial charge on any atom is -0.481 e. The van der Waals surface area contributed by atoms with Crippen molar-refractivity contribution in [3.63, 3.8) is 0 Å². The number of aliphatic hydroxyl groups excluding tert-OH is 1. The zero-order chi connectivity index (χ0) is 17.8. The highest BCUT2D eigenvalue weighted by Gasteiger charge is 2.83. The van der Waals surface area contributed by atoms with Crippen LogP contribution in [0.3, 0.4) is 0 Å². The Kier molecular flexibility index (Phi) is 2.60. The summed E-state index contributed by atoms with van der Waals surface area (Å²) in [5, 5.41) is 31.2. The molecule has 6 nitrogen and oxygen atoms in total. The van der Waals surface area contributed by atoms with Crippen LogP contribution in [0, 0.1) is 28.6 Å². The Balaban J connectivity index is 1.77. The molecule has 134 valence electrons. The van der Waals surface area contributed by atoms with Gasteiger partial charge in [-0.15, -0.1) is 0 Å². The van der Waals surface area contributed by atoms with Gasteiger partial charge in [-0.1, -0.05) is 18.7 Å². The van der Waals surface area contributed by atoms with E-state index in [1.807, 2.05) is 6.08 Å². The topological polar surface area (TPSA) is 104 Å². The first-order chi connectivity index (χ1) is 11.8. The number of hydrogen-bond donors (Lipinski definition) is 3. The summed E-state index contributed by atoms with van der Waals surface area (Å²) in [5.41, 5.74) is -3.14. The Morgan fingerprint density at radius 1 is 1.44 bits per heavy atom. The lowest BCUT2D eigenvalue weighted by Gasteiger charge is -2.45. The number of aliphatic hydroxyl groups is 2. The first-order valence-corrected chi connectivity index (χ1v) is 8.91. The van der Waals surface area contributed by atoms with Crippen LogP contribution in [0.1, 0.15) is 32.1 Å². The molecule has 25 heavy (non-hydrogen) atoms. The lowest BCUT2D eigenvalue weighted by molar-refractivity contribution is -0.163. The van der Waals surface area contributed by atoms with E-state index in [1.54, 1.807) is 6.08 Å². The third-order valence-electron chi connectivity index (χ3n) is 8.03. The molecule has 0 aromatic carbocycles. The monoisotopic (exact) mass is 346 g/mol. The number of carboxylic acids is 1. The van der Waals surface area contributed by atoms with E-state index in [0.717, 1.165) is 0 Å². The highest BCUT2D eigenvalue weighted by molar-refractivity contribution is 5.87. The van der Waals surface area contributed by atoms with E-state index in [4.69, 9.17) is 4.74 Å². The van der Waals surface area contributed by atoms with Gasteiger partial charge < -0.3 is 20.1 Å². The number of carbonyl (C=O) groups excluding carboxylic acids is 1. The van der Waals surface area contributed by atoms with Gasteiger partial charge in [0.1, 0.15) is 11.0 Å². The molecule has 6 heteroatoms. The summed E-state index contributed by atoms with van der Waals surface area (Å²) < 4.78 is 5.92. The van der Waals surface area contributed by atoms with Gasteiger partial charge >= 0.3 is 11.9 Å². The highest BCUT2D eigenvalue weighted by atomic mass is 16.6. The van der Waals surface area contributed by atoms with Crippen LogP contribution in [0.25, 0.3) is 0 Å². The highest BCUT2D eigenvalue weighted by Crippen LogP contribution is 2.77. The molecular formula is C19H22O6. The van der Waals surface area contributed by atoms with E-state index in [2.05, 4.69) is 6.58 Å². The normalized spacial score (nSPS) is 55.0. The number of carboxylic acid groups (broad SMARTS) is 1. The third-order valence-corrected chi connectivity index (χ3v) is 8.03. The molecule has 0 amide bonds. The van der Waals surface area contributed by atoms with Crippen LogP contribution < -0.4 is 0 Å². The van der Waals surface area contributed by atoms with Crippen molar-refractivity contribution in [2.24, 2.45) is 28.6 Å². The Labute approximate surface area is 145 Å². The van der Waals surface area contributed by atoms with Crippen LogP contribution in [0.4, 0.5) is 0 Å². The second-order valence-corrected chi connectivity index (χ2v) is 8.76. The fourth-order valence-electron chi connectivity index (χ4n) is 7.28. The number of carbonyl (C=O) groups is 2. The van der Waals surface area contributed by atoms with Gasteiger partial charge in [-0.05, 0) is 36.7 Å². The van der Waals surface area contributed by atoms with Crippen molar-refractivity contribution >= 4 is 11.9 Å². The molecule has 3 N–H and O–H groups in total. The predicted molar refractivity (Wildman–Crippen MR) is 85.2 cm³/mol. The van der Waals surface area contributed by atoms with E-state index in [1.165, 1.54) is 0 Å². The summed E-state index contributed by atoms with van der Waals surface area (Å²) in [6.07, 6.45) is 5.93. The fraction of sp³-hybridized carbons (Fsp3) is 0.684. The molecule has 1 saturated heterocycles. The van der Waals surface area contributed by atoms with Crippen molar-refractivity contribution in [1.82, 2.24) is 0 Å². The number of esters is 1. The van der Waals surface area contributed by atoms with E-state index in [0.29, 0.717) is 37.7 Å². The summed E-state index contributed by atoms with van der Waals surface area (Å²) >= 11 is 0. The molecule has 4 aliphatic carbocycles. The van der Waals surface area contributed by atoms with Gasteiger partial charge in [0.15, 0.2) is 0 Å². The lowest BCUT2D eigenvalue weighted by atomic mass is 9.62. The third kappa shape index (κ3) is 1.40. The summed E-state index contributed by atoms with van der Waals surface area (Å²) in [5.74, 6) is -3.05. The van der Waals surface area contributed by atoms with E-state index in [-0.39, 0.29) is 5.92 Å². The quantitative estimate of drug-likeness (QED) is 0.510. The van der Waals surface area contributed by atoms with E-state index in [9.17, 15) is 24.9 Å². The Morgan fingerprint density at radius 2 is 2.20 bits per heavy atom. The number of rotatable bonds is 2. The zero-order valence-corrected chi connectivity index (χ0v) is 13.9. The number of hydrogen-bond acceptors (Lipinski definition) is 5. The van der Waals surface area contributed by atoms with E-state index < -0.39 is 52.4 Å². The molecule has 1 spiro atoms. The molecule has 5 rings (SSSR count). The molecule has 1 aliphatic heterocycles. The minimum atomic E-state index is -1.28. The van der Waals surface area contributed by atoms with Gasteiger partial charge in [0, 0.05) is 18.3 Å². The van der Waals surface area contributed by atoms with Gasteiger partial charge in [0.2, 0.25) is 0 Å². The largest absolute Gasteiger partial charge is 0.481 e. The summed E-state index contributed by atoms with van der Waals surface area (Å²) in [6, 6.07) is 0. The summed E-state index contributed by atoms with van der Waals surface area (Å²) in [7, 11) is 0. The molecule has 0 radical (unpaired) electrons. The van der Waals surface area contributed by atoms with Gasteiger partial charge in [-0.3, -0.25) is 9.59 Å². The first-order valence-electron chi connectivity index (χ1n) is 8.91. The standard InChI is InChI=1S/C19H22O6/c1-10-7-17-8-18(10,24)6-3-11(17)19-5-2-4-16(9-20,15(23)25-19)13(19)12(17)14(21)22/h2,4,11-13,20,24H,1,3,5-9H2,(H,21,22)/t11-,12+,13+,16-,17-,18-,19+/m0/s1. The van der Waals surface area contributed by atoms with Crippen LogP contribution in [0.5, 0.6) is 0 Å². The second-order valence-electron chi connectivity index (χ2n) is 8.76. The lowest BCUT2D eigenvalue weighted by Crippen LogP contribution is -2.47. The van der Waals surface area contributed by atoms with Gasteiger partial charge in [-0.25, -0.2) is 0 Å². The Hall–Kier alpha value is -1.66. The number of ether oxygens (including phenoxy) is 1. The minimum absolute atomic E-state index is 0.132. The Bertz CT molecular complexity index is 757. The van der Waals surface area contributed by atoms with Crippen LogP contribution >= 0.6 is 0 Å². The second kappa shape index (κ2) is 4.18. The first kappa shape index (κ1) is 15.6. The van der Waals surface area contributed by atoms with E-state index >= 15 is 0 Å². The molecule has 0 aromatic rings. The van der Waals surface area contributed by atoms with Gasteiger partial charge in [0.25, 0.3) is 0 Å². The zero-order valence-electron chi connectivity index (χ0n) is 13.9. The molecular weight excluding hydrogens is 324 g/mol. The molecule has 1 heterocycles. The molecule has 5 aliphatic rings. The predicted octanol–water partition coefficient (Wildman–Crippen LogP) is 1.03. The van der Waals surface area contributed by atoms with Crippen molar-refractivity contribution in [3.8, 4) is 0 Å². The van der Waals surface area contributed by atoms with Crippen molar-refractivity contribution < 1.29 is 29.6 Å². The van der Waals surface area contributed by atoms with Crippen LogP contribution in [-0.2, 0) is 14.3 Å². The average Bonchev–Trinajstić information content (AvgIpc) is 2.95. The molecule has 3 saturated carbocycles. The van der Waals surface area contributed by atoms with Gasteiger partial charge in [0.05, 0.1) is 18.1 Å². The molecule has 0 unspecified atom stereocenters. The average molecular weight is 346 g/mol. The number of aliphatic carboxylic acids is 1. The summed E-state index contributed by atoms with van der Waals surface area (Å²) in [4.78, 5) is 25.1. The summed E-state index contributed by atoms with van der Waals surface area (Å²) in [6.45, 7) is 3.58. The molecule has 0 aromatic heterocycles. The van der Waals surface area contributed by atoms with Crippen molar-refractivity contribution in [3.05, 3.63) is 24.3 Å². The molecule has 4 fully saturated rings. The van der Waals surface area contributed by atoms with Crippen molar-refractivity contribution in [2.75, 3.05) is 6.61 Å². The van der Waals surface area contributed by atoms with Crippen LogP contribution in [0.15, 0.2) is 24.3 Å². The Morgan fingerprint density at radius 3 is 2.88 bits per heavy atom. The molecule has 4 bridgehead atoms. The van der Waals surface area contributed by atoms with Crippen LogP contribution in [-0.4, -0.2) is 45.1 Å². The van der Waals surface area contributed by atoms with Crippen LogP contribution in [0.2, 0.25) is 0 Å². The SMILES string of the molecule is C=C1C[C@]23C[C@@]1(O)CC[C@@H]2[C@@]12CC=C[C@@](CO)(C(=O)O1)[C@H]2[C@@H]3C(=O)O. The maximum atomic E-state index is 12.7. The smallest absolute Gasteiger partial charge is 0.319 e. The van der Waals surface area contributed by atoms with Gasteiger partial charge in [-0.2, -0.15) is 0 Å². The maximum Gasteiger partial charge on any atom is 0.319 e. The fourth-order valence-corrected chi connectivity index (χ4v) is 7.28. The van der Waals surface area contributed by atoms with Crippen molar-refractivity contribution in [1.29, 1.82) is 0 Å². The number of fused-ring (bicyclic) bond motifs is 1.